The summed E-state index contributed by atoms with van der Waals surface area (Å²) in [5.74, 6) is -1.59. The van der Waals surface area contributed by atoms with Crippen LogP contribution in [0.2, 0.25) is 0 Å². The highest BCUT2D eigenvalue weighted by Gasteiger charge is 2.50. The number of aliphatic carboxylic acids is 1. The third-order valence-corrected chi connectivity index (χ3v) is 4.89. The van der Waals surface area contributed by atoms with E-state index in [2.05, 4.69) is 4.98 Å². The highest BCUT2D eigenvalue weighted by atomic mass is 16.5. The van der Waals surface area contributed by atoms with Gasteiger partial charge in [-0.3, -0.25) is 9.78 Å². The van der Waals surface area contributed by atoms with Gasteiger partial charge in [0.05, 0.1) is 25.3 Å². The van der Waals surface area contributed by atoms with Crippen LogP contribution < -0.4 is 4.74 Å². The average molecular weight is 376 g/mol. The molecule has 0 amide bonds. The first-order valence-electron chi connectivity index (χ1n) is 8.69. The number of aromatic nitrogens is 1. The molecule has 28 heavy (non-hydrogen) atoms. The summed E-state index contributed by atoms with van der Waals surface area (Å²) in [5, 5.41) is 20.9. The summed E-state index contributed by atoms with van der Waals surface area (Å²) in [5.41, 5.74) is 0.140. The Morgan fingerprint density at radius 2 is 1.86 bits per heavy atom. The van der Waals surface area contributed by atoms with Crippen molar-refractivity contribution >= 4 is 16.9 Å². The molecule has 1 heterocycles. The number of nitrogens with zero attached hydrogens (tertiary/aromatic N) is 2. The van der Waals surface area contributed by atoms with E-state index in [1.54, 1.807) is 36.5 Å². The van der Waals surface area contributed by atoms with Gasteiger partial charge in [0.15, 0.2) is 5.41 Å². The van der Waals surface area contributed by atoms with Gasteiger partial charge < -0.3 is 14.6 Å². The molecule has 3 rings (SSSR count). The zero-order valence-corrected chi connectivity index (χ0v) is 15.6. The van der Waals surface area contributed by atoms with Crippen LogP contribution >= 0.6 is 0 Å². The Kier molecular flexibility index (Phi) is 5.57. The quantitative estimate of drug-likeness (QED) is 0.677. The highest BCUT2D eigenvalue weighted by Crippen LogP contribution is 2.46. The first kappa shape index (κ1) is 19.3. The van der Waals surface area contributed by atoms with Gasteiger partial charge in [0, 0.05) is 30.2 Å². The molecule has 0 aliphatic rings. The molecule has 2 atom stereocenters. The maximum absolute atomic E-state index is 12.4. The SMILES string of the molecule is COCC(C#N)(C(=O)O)C(c1ccccc1OC)c1ccnc2ccccc12. The van der Waals surface area contributed by atoms with Crippen LogP contribution in [0.5, 0.6) is 5.75 Å². The van der Waals surface area contributed by atoms with Gasteiger partial charge in [-0.2, -0.15) is 5.26 Å². The summed E-state index contributed by atoms with van der Waals surface area (Å²) in [4.78, 5) is 16.8. The molecule has 2 aromatic carbocycles. The fourth-order valence-corrected chi connectivity index (χ4v) is 3.61. The van der Waals surface area contributed by atoms with E-state index in [1.165, 1.54) is 14.2 Å². The van der Waals surface area contributed by atoms with Crippen molar-refractivity contribution in [2.75, 3.05) is 20.8 Å². The monoisotopic (exact) mass is 376 g/mol. The molecule has 142 valence electrons. The third-order valence-electron chi connectivity index (χ3n) is 4.89. The minimum atomic E-state index is -1.85. The lowest BCUT2D eigenvalue weighted by Gasteiger charge is -2.33. The number of hydrogen-bond donors (Lipinski definition) is 1. The average Bonchev–Trinajstić information content (AvgIpc) is 2.73. The third kappa shape index (κ3) is 3.17. The minimum absolute atomic E-state index is 0.280. The number of pyridine rings is 1. The van der Waals surface area contributed by atoms with Crippen molar-refractivity contribution in [3.63, 3.8) is 0 Å². The Morgan fingerprint density at radius 1 is 1.14 bits per heavy atom. The smallest absolute Gasteiger partial charge is 0.327 e. The molecule has 2 unspecified atom stereocenters. The molecule has 1 aromatic heterocycles. The number of methoxy groups -OCH3 is 2. The molecule has 1 N–H and O–H groups in total. The largest absolute Gasteiger partial charge is 0.496 e. The Labute approximate surface area is 163 Å². The van der Waals surface area contributed by atoms with Gasteiger partial charge in [0.1, 0.15) is 5.75 Å². The number of rotatable bonds is 7. The molecule has 0 aliphatic carbocycles. The maximum Gasteiger partial charge on any atom is 0.327 e. The van der Waals surface area contributed by atoms with E-state index in [0.717, 1.165) is 10.9 Å². The fraction of sp³-hybridized carbons (Fsp3) is 0.227. The van der Waals surface area contributed by atoms with Crippen molar-refractivity contribution in [3.05, 3.63) is 71.9 Å². The Hall–Kier alpha value is -3.43. The van der Waals surface area contributed by atoms with Gasteiger partial charge in [-0.1, -0.05) is 36.4 Å². The van der Waals surface area contributed by atoms with Crippen molar-refractivity contribution < 1.29 is 19.4 Å². The maximum atomic E-state index is 12.4. The second-order valence-electron chi connectivity index (χ2n) is 6.41. The summed E-state index contributed by atoms with van der Waals surface area (Å²) in [6, 6.07) is 18.4. The predicted molar refractivity (Wildman–Crippen MR) is 104 cm³/mol. The lowest BCUT2D eigenvalue weighted by atomic mass is 9.69. The summed E-state index contributed by atoms with van der Waals surface area (Å²) in [6.07, 6.45) is 1.62. The molecule has 0 aliphatic heterocycles. The number of benzene rings is 2. The molecule has 0 saturated heterocycles. The summed E-state index contributed by atoms with van der Waals surface area (Å²) >= 11 is 0. The number of carboxylic acids is 1. The number of fused-ring (bicyclic) bond motifs is 1. The summed E-state index contributed by atoms with van der Waals surface area (Å²) < 4.78 is 10.7. The Balaban J connectivity index is 2.41. The van der Waals surface area contributed by atoms with Crippen LogP contribution in [0.1, 0.15) is 17.0 Å². The second kappa shape index (κ2) is 8.07. The standard InChI is InChI=1S/C22H20N2O4/c1-27-14-22(13-23,21(25)26)20(17-8-4-6-10-19(17)28-2)16-11-12-24-18-9-5-3-7-15(16)18/h3-12,20H,14H2,1-2H3,(H,25,26). The number of carboxylic acid groups (broad SMARTS) is 1. The van der Waals surface area contributed by atoms with E-state index in [9.17, 15) is 15.2 Å². The molecular weight excluding hydrogens is 356 g/mol. The van der Waals surface area contributed by atoms with Gasteiger partial charge in [0.2, 0.25) is 0 Å². The van der Waals surface area contributed by atoms with E-state index >= 15 is 0 Å². The molecule has 6 heteroatoms. The number of para-hydroxylation sites is 2. The van der Waals surface area contributed by atoms with E-state index in [4.69, 9.17) is 9.47 Å². The van der Waals surface area contributed by atoms with Gasteiger partial charge >= 0.3 is 5.97 Å². The molecule has 0 spiro atoms. The molecule has 0 radical (unpaired) electrons. The zero-order chi connectivity index (χ0) is 20.1. The zero-order valence-electron chi connectivity index (χ0n) is 15.6. The van der Waals surface area contributed by atoms with Gasteiger partial charge in [-0.15, -0.1) is 0 Å². The minimum Gasteiger partial charge on any atom is -0.496 e. The lowest BCUT2D eigenvalue weighted by molar-refractivity contribution is -0.149. The van der Waals surface area contributed by atoms with Crippen molar-refractivity contribution in [1.29, 1.82) is 5.26 Å². The van der Waals surface area contributed by atoms with Crippen molar-refractivity contribution in [2.45, 2.75) is 5.92 Å². The molecule has 6 nitrogen and oxygen atoms in total. The molecule has 0 fully saturated rings. The number of ether oxygens (including phenoxy) is 2. The first-order valence-corrected chi connectivity index (χ1v) is 8.69. The summed E-state index contributed by atoms with van der Waals surface area (Å²) in [7, 11) is 2.91. The van der Waals surface area contributed by atoms with Crippen molar-refractivity contribution in [3.8, 4) is 11.8 Å². The topological polar surface area (TPSA) is 92.4 Å². The number of nitriles is 1. The van der Waals surface area contributed by atoms with Crippen LogP contribution in [-0.2, 0) is 9.53 Å². The number of carbonyl (C=O) groups is 1. The van der Waals surface area contributed by atoms with Crippen molar-refractivity contribution in [2.24, 2.45) is 5.41 Å². The van der Waals surface area contributed by atoms with Gasteiger partial charge in [0.25, 0.3) is 0 Å². The Bertz CT molecular complexity index is 1040. The highest BCUT2D eigenvalue weighted by molar-refractivity contribution is 5.87. The fourth-order valence-electron chi connectivity index (χ4n) is 3.61. The second-order valence-corrected chi connectivity index (χ2v) is 6.41. The summed E-state index contributed by atoms with van der Waals surface area (Å²) in [6.45, 7) is -0.280. The van der Waals surface area contributed by atoms with Crippen LogP contribution in [0.15, 0.2) is 60.8 Å². The van der Waals surface area contributed by atoms with Gasteiger partial charge in [-0.05, 0) is 23.8 Å². The number of hydrogen-bond acceptors (Lipinski definition) is 5. The molecule has 3 aromatic rings. The van der Waals surface area contributed by atoms with Crippen LogP contribution in [0.25, 0.3) is 10.9 Å². The van der Waals surface area contributed by atoms with Crippen molar-refractivity contribution in [1.82, 2.24) is 4.98 Å². The molecule has 0 saturated carbocycles. The molecular formula is C22H20N2O4. The van der Waals surface area contributed by atoms with Gasteiger partial charge in [-0.25, -0.2) is 0 Å². The molecule has 0 bridgehead atoms. The van der Waals surface area contributed by atoms with E-state index in [0.29, 0.717) is 16.9 Å². The van der Waals surface area contributed by atoms with Crippen LogP contribution in [0.3, 0.4) is 0 Å². The van der Waals surface area contributed by atoms with Crippen LogP contribution in [-0.4, -0.2) is 36.9 Å². The van der Waals surface area contributed by atoms with E-state index < -0.39 is 17.3 Å². The van der Waals surface area contributed by atoms with E-state index in [1.807, 2.05) is 30.3 Å². The van der Waals surface area contributed by atoms with E-state index in [-0.39, 0.29) is 6.61 Å². The predicted octanol–water partition coefficient (Wildman–Crippen LogP) is 3.62. The van der Waals surface area contributed by atoms with Crippen LogP contribution in [0, 0.1) is 16.7 Å². The van der Waals surface area contributed by atoms with Crippen LogP contribution in [0.4, 0.5) is 0 Å². The Morgan fingerprint density at radius 3 is 2.54 bits per heavy atom. The first-order chi connectivity index (χ1) is 13.6. The lowest BCUT2D eigenvalue weighted by Crippen LogP contribution is -2.41. The normalized spacial score (nSPS) is 14.0.